The van der Waals surface area contributed by atoms with E-state index in [-0.39, 0.29) is 11.3 Å². The van der Waals surface area contributed by atoms with Crippen molar-refractivity contribution in [3.63, 3.8) is 0 Å². The van der Waals surface area contributed by atoms with Gasteiger partial charge in [0.2, 0.25) is 0 Å². The average Bonchev–Trinajstić information content (AvgIpc) is 3.02. The number of hydrogen-bond donors (Lipinski definition) is 1. The van der Waals surface area contributed by atoms with E-state index < -0.39 is 0 Å². The number of nitrogens with one attached hydrogen (secondary N) is 1. The summed E-state index contributed by atoms with van der Waals surface area (Å²) in [6.07, 6.45) is 4.91. The molecule has 1 amide bonds. The van der Waals surface area contributed by atoms with E-state index in [1.165, 1.54) is 11.8 Å². The van der Waals surface area contributed by atoms with Crippen molar-refractivity contribution >= 4 is 11.6 Å². The summed E-state index contributed by atoms with van der Waals surface area (Å²) in [5, 5.41) is 6.93. The van der Waals surface area contributed by atoms with Crippen LogP contribution in [-0.4, -0.2) is 33.7 Å². The molecule has 25 heavy (non-hydrogen) atoms. The number of nitrogens with zero attached hydrogens (tertiary/aromatic N) is 3. The highest BCUT2D eigenvalue weighted by atomic mass is 16.5. The molecule has 6 heteroatoms. The van der Waals surface area contributed by atoms with E-state index in [1.54, 1.807) is 23.0 Å². The standard InChI is InChI=1S/C19H22N4O2/c1-19(2,3)14-5-7-15(8-6-14)25-12-10-21-18(24)16-13-22-23-11-4-9-20-17(16)23/h4-9,11,13H,10,12H2,1-3H3,(H,21,24). The van der Waals surface area contributed by atoms with Gasteiger partial charge in [0.05, 0.1) is 12.7 Å². The highest BCUT2D eigenvalue weighted by Gasteiger charge is 2.14. The summed E-state index contributed by atoms with van der Waals surface area (Å²) in [6, 6.07) is 9.81. The molecule has 0 fully saturated rings. The van der Waals surface area contributed by atoms with Crippen LogP contribution in [0.3, 0.4) is 0 Å². The molecule has 3 rings (SSSR count). The average molecular weight is 338 g/mol. The number of carbonyl (C=O) groups is 1. The van der Waals surface area contributed by atoms with E-state index in [0.717, 1.165) is 5.75 Å². The summed E-state index contributed by atoms with van der Waals surface area (Å²) < 4.78 is 7.25. The fourth-order valence-electron chi connectivity index (χ4n) is 2.47. The van der Waals surface area contributed by atoms with Crippen molar-refractivity contribution < 1.29 is 9.53 Å². The normalized spacial score (nSPS) is 11.5. The van der Waals surface area contributed by atoms with Gasteiger partial charge in [-0.25, -0.2) is 9.50 Å². The Hall–Kier alpha value is -2.89. The number of fused-ring (bicyclic) bond motifs is 1. The van der Waals surface area contributed by atoms with Gasteiger partial charge < -0.3 is 10.1 Å². The first-order valence-corrected chi connectivity index (χ1v) is 8.25. The molecule has 0 unspecified atom stereocenters. The van der Waals surface area contributed by atoms with Crippen molar-refractivity contribution in [1.29, 1.82) is 0 Å². The molecule has 0 saturated carbocycles. The number of hydrogen-bond acceptors (Lipinski definition) is 4. The quantitative estimate of drug-likeness (QED) is 0.726. The monoisotopic (exact) mass is 338 g/mol. The van der Waals surface area contributed by atoms with E-state index in [0.29, 0.717) is 24.4 Å². The third-order valence-electron chi connectivity index (χ3n) is 3.90. The maximum atomic E-state index is 12.2. The van der Waals surface area contributed by atoms with Crippen molar-refractivity contribution in [2.24, 2.45) is 0 Å². The van der Waals surface area contributed by atoms with Gasteiger partial charge in [-0.05, 0) is 29.2 Å². The number of aromatic nitrogens is 3. The Morgan fingerprint density at radius 1 is 1.24 bits per heavy atom. The van der Waals surface area contributed by atoms with Gasteiger partial charge in [-0.1, -0.05) is 32.9 Å². The third kappa shape index (κ3) is 3.96. The largest absolute Gasteiger partial charge is 0.492 e. The fraction of sp³-hybridized carbons (Fsp3) is 0.316. The Morgan fingerprint density at radius 2 is 2.00 bits per heavy atom. The van der Waals surface area contributed by atoms with Crippen LogP contribution in [0.2, 0.25) is 0 Å². The van der Waals surface area contributed by atoms with Crippen LogP contribution < -0.4 is 10.1 Å². The van der Waals surface area contributed by atoms with E-state index in [9.17, 15) is 4.79 Å². The van der Waals surface area contributed by atoms with Crippen molar-refractivity contribution in [1.82, 2.24) is 19.9 Å². The summed E-state index contributed by atoms with van der Waals surface area (Å²) in [6.45, 7) is 7.33. The molecular formula is C19H22N4O2. The first-order valence-electron chi connectivity index (χ1n) is 8.25. The zero-order chi connectivity index (χ0) is 17.9. The summed E-state index contributed by atoms with van der Waals surface area (Å²) in [7, 11) is 0. The van der Waals surface area contributed by atoms with Crippen LogP contribution in [0.15, 0.2) is 48.9 Å². The fourth-order valence-corrected chi connectivity index (χ4v) is 2.47. The van der Waals surface area contributed by atoms with Crippen LogP contribution in [0.4, 0.5) is 0 Å². The molecule has 0 spiro atoms. The van der Waals surface area contributed by atoms with Crippen molar-refractivity contribution in [3.05, 3.63) is 60.0 Å². The van der Waals surface area contributed by atoms with Crippen LogP contribution in [0.25, 0.3) is 5.65 Å². The molecule has 1 aromatic carbocycles. The zero-order valence-corrected chi connectivity index (χ0v) is 14.7. The van der Waals surface area contributed by atoms with Crippen molar-refractivity contribution in [3.8, 4) is 5.75 Å². The molecule has 0 saturated heterocycles. The smallest absolute Gasteiger partial charge is 0.256 e. The summed E-state index contributed by atoms with van der Waals surface area (Å²) in [5.41, 5.74) is 2.37. The van der Waals surface area contributed by atoms with Gasteiger partial charge >= 0.3 is 0 Å². The molecule has 3 aromatic rings. The predicted molar refractivity (Wildman–Crippen MR) is 96.0 cm³/mol. The number of rotatable bonds is 5. The molecule has 0 atom stereocenters. The molecule has 0 aliphatic heterocycles. The maximum Gasteiger partial charge on any atom is 0.256 e. The minimum Gasteiger partial charge on any atom is -0.492 e. The van der Waals surface area contributed by atoms with Crippen molar-refractivity contribution in [2.45, 2.75) is 26.2 Å². The van der Waals surface area contributed by atoms with Crippen LogP contribution in [0.5, 0.6) is 5.75 Å². The van der Waals surface area contributed by atoms with Crippen LogP contribution in [-0.2, 0) is 5.41 Å². The van der Waals surface area contributed by atoms with E-state index in [1.807, 2.05) is 12.1 Å². The summed E-state index contributed by atoms with van der Waals surface area (Å²) in [5.74, 6) is 0.584. The molecule has 0 aliphatic carbocycles. The molecule has 6 nitrogen and oxygen atoms in total. The lowest BCUT2D eigenvalue weighted by atomic mass is 9.87. The lowest BCUT2D eigenvalue weighted by Gasteiger charge is -2.19. The first-order chi connectivity index (χ1) is 11.9. The number of carbonyl (C=O) groups excluding carboxylic acids is 1. The van der Waals surface area contributed by atoms with Gasteiger partial charge in [0, 0.05) is 12.4 Å². The van der Waals surface area contributed by atoms with Gasteiger partial charge in [0.15, 0.2) is 5.65 Å². The Balaban J connectivity index is 1.51. The van der Waals surface area contributed by atoms with Crippen molar-refractivity contribution in [2.75, 3.05) is 13.2 Å². The number of benzene rings is 1. The minimum absolute atomic E-state index is 0.120. The minimum atomic E-state index is -0.208. The van der Waals surface area contributed by atoms with E-state index in [2.05, 4.69) is 48.3 Å². The molecule has 2 aromatic heterocycles. The molecule has 0 radical (unpaired) electrons. The second kappa shape index (κ2) is 6.93. The Morgan fingerprint density at radius 3 is 2.72 bits per heavy atom. The van der Waals surface area contributed by atoms with Gasteiger partial charge in [0.1, 0.15) is 17.9 Å². The maximum absolute atomic E-state index is 12.2. The third-order valence-corrected chi connectivity index (χ3v) is 3.90. The highest BCUT2D eigenvalue weighted by Crippen LogP contribution is 2.24. The van der Waals surface area contributed by atoms with Gasteiger partial charge in [-0.15, -0.1) is 0 Å². The van der Waals surface area contributed by atoms with Gasteiger partial charge in [-0.2, -0.15) is 5.10 Å². The van der Waals surface area contributed by atoms with Crippen LogP contribution in [0.1, 0.15) is 36.7 Å². The lowest BCUT2D eigenvalue weighted by molar-refractivity contribution is 0.0948. The molecule has 130 valence electrons. The zero-order valence-electron chi connectivity index (χ0n) is 14.7. The predicted octanol–water partition coefficient (Wildman–Crippen LogP) is 2.84. The second-order valence-corrected chi connectivity index (χ2v) is 6.82. The Bertz CT molecular complexity index is 863. The molecule has 0 bridgehead atoms. The van der Waals surface area contributed by atoms with Gasteiger partial charge in [0.25, 0.3) is 5.91 Å². The Kier molecular flexibility index (Phi) is 4.70. The summed E-state index contributed by atoms with van der Waals surface area (Å²) >= 11 is 0. The molecule has 0 aliphatic rings. The lowest BCUT2D eigenvalue weighted by Crippen LogP contribution is -2.28. The Labute approximate surface area is 146 Å². The topological polar surface area (TPSA) is 68.5 Å². The van der Waals surface area contributed by atoms with Crippen LogP contribution >= 0.6 is 0 Å². The second-order valence-electron chi connectivity index (χ2n) is 6.82. The number of amides is 1. The highest BCUT2D eigenvalue weighted by molar-refractivity contribution is 5.99. The van der Waals surface area contributed by atoms with Gasteiger partial charge in [-0.3, -0.25) is 4.79 Å². The first kappa shape index (κ1) is 17.0. The number of ether oxygens (including phenoxy) is 1. The van der Waals surface area contributed by atoms with E-state index >= 15 is 0 Å². The SMILES string of the molecule is CC(C)(C)c1ccc(OCCNC(=O)c2cnn3cccnc23)cc1. The van der Waals surface area contributed by atoms with Crippen LogP contribution in [0, 0.1) is 0 Å². The molecular weight excluding hydrogens is 316 g/mol. The molecule has 2 heterocycles. The summed E-state index contributed by atoms with van der Waals surface area (Å²) in [4.78, 5) is 16.4. The van der Waals surface area contributed by atoms with E-state index in [4.69, 9.17) is 4.74 Å². The molecule has 1 N–H and O–H groups in total.